The van der Waals surface area contributed by atoms with E-state index in [0.717, 1.165) is 67.8 Å². The Morgan fingerprint density at radius 2 is 1.41 bits per heavy atom. The van der Waals surface area contributed by atoms with Crippen LogP contribution >= 0.6 is 0 Å². The van der Waals surface area contributed by atoms with Crippen LogP contribution < -0.4 is 0 Å². The maximum Gasteiger partial charge on any atom is 0.0774 e. The van der Waals surface area contributed by atoms with Crippen molar-refractivity contribution in [1.82, 2.24) is 14.5 Å². The summed E-state index contributed by atoms with van der Waals surface area (Å²) in [6.07, 6.45) is 5.56. The van der Waals surface area contributed by atoms with Crippen LogP contribution in [0.4, 0.5) is 0 Å². The molecule has 3 aromatic heterocycles. The van der Waals surface area contributed by atoms with Crippen molar-refractivity contribution in [3.05, 3.63) is 186 Å². The SMILES string of the molecule is Cc1cc(-c2ccccc2)c(-n2c(-c3[c-]oc4ccc(CC(C)C)cc34)nc3ccccc32)c(-c2ccccc2)c1.[2H]C([2H])([2H])c1c[c-]c(-c2ccc(C([2H])([2H])[2H])cn2)cc1.[Ir]. The van der Waals surface area contributed by atoms with E-state index in [-0.39, 0.29) is 31.2 Å². The van der Waals surface area contributed by atoms with Crippen molar-refractivity contribution < 1.29 is 32.7 Å². The van der Waals surface area contributed by atoms with Crippen LogP contribution in [-0.4, -0.2) is 14.5 Å². The van der Waals surface area contributed by atoms with E-state index < -0.39 is 13.7 Å². The van der Waals surface area contributed by atoms with E-state index >= 15 is 0 Å². The molecule has 0 aliphatic rings. The molecule has 0 bridgehead atoms. The summed E-state index contributed by atoms with van der Waals surface area (Å²) in [7, 11) is 0. The molecule has 9 rings (SSSR count). The van der Waals surface area contributed by atoms with Gasteiger partial charge in [0.15, 0.2) is 0 Å². The molecule has 0 aliphatic carbocycles. The van der Waals surface area contributed by atoms with Crippen LogP contribution in [0.3, 0.4) is 0 Å². The summed E-state index contributed by atoms with van der Waals surface area (Å²) in [6, 6.07) is 51.1. The van der Waals surface area contributed by atoms with Crippen molar-refractivity contribution in [3.63, 3.8) is 0 Å². The van der Waals surface area contributed by atoms with Crippen molar-refractivity contribution in [2.45, 2.75) is 40.9 Å². The molecule has 9 aromatic rings. The van der Waals surface area contributed by atoms with Crippen molar-refractivity contribution in [2.75, 3.05) is 0 Å². The van der Waals surface area contributed by atoms with Gasteiger partial charge in [-0.1, -0.05) is 140 Å². The predicted octanol–water partition coefficient (Wildman–Crippen LogP) is 13.2. The molecule has 1 radical (unpaired) electrons. The van der Waals surface area contributed by atoms with Gasteiger partial charge < -0.3 is 14.0 Å². The van der Waals surface area contributed by atoms with Crippen molar-refractivity contribution in [1.29, 1.82) is 0 Å². The number of aryl methyl sites for hydroxylation is 3. The van der Waals surface area contributed by atoms with E-state index in [2.05, 4.69) is 152 Å². The molecule has 0 saturated carbocycles. The number of aromatic nitrogens is 3. The Balaban J connectivity index is 0.000000233. The second-order valence-corrected chi connectivity index (χ2v) is 14.1. The van der Waals surface area contributed by atoms with Crippen LogP contribution in [-0.2, 0) is 26.5 Å². The molecule has 0 unspecified atom stereocenters. The monoisotopic (exact) mass is 912 g/mol. The van der Waals surface area contributed by atoms with Gasteiger partial charge in [0.05, 0.1) is 22.5 Å². The van der Waals surface area contributed by atoms with E-state index in [9.17, 15) is 0 Å². The fourth-order valence-electron chi connectivity index (χ4n) is 7.04. The molecular formula is C51H43IrN3O-2. The van der Waals surface area contributed by atoms with Crippen LogP contribution in [0.5, 0.6) is 0 Å². The van der Waals surface area contributed by atoms with Crippen molar-refractivity contribution >= 4 is 22.0 Å². The number of hydrogen-bond acceptors (Lipinski definition) is 3. The third-order valence-electron chi connectivity index (χ3n) is 9.50. The van der Waals surface area contributed by atoms with Crippen molar-refractivity contribution in [3.8, 4) is 50.6 Å². The number of imidazole rings is 1. The standard InChI is InChI=1S/C38H31N2O.C13H12N.Ir/c1-25(2)20-27-18-19-36-32(23-27)33(24-41-36)38-39-34-16-10-11-17-35(34)40(38)37-30(28-12-6-4-7-13-28)21-26(3)22-31(37)29-14-8-5-9-15-29;1-10-3-6-12(7-4-10)13-8-5-11(2)9-14-13;/h4-19,21-23,25H,20H2,1-3H3;3-6,8-9H,1-2H3;/q2*-1;/i;1D3,2D3;. The summed E-state index contributed by atoms with van der Waals surface area (Å²) in [5.74, 6) is 1.38. The fraction of sp³-hybridized carbons (Fsp3) is 0.137. The van der Waals surface area contributed by atoms with Gasteiger partial charge in [0, 0.05) is 57.5 Å². The Bertz CT molecular complexity index is 2820. The van der Waals surface area contributed by atoms with E-state index in [4.69, 9.17) is 17.6 Å². The van der Waals surface area contributed by atoms with E-state index in [1.807, 2.05) is 6.07 Å². The quantitative estimate of drug-likeness (QED) is 0.150. The van der Waals surface area contributed by atoms with Gasteiger partial charge in [-0.3, -0.25) is 4.98 Å². The molecular weight excluding hydrogens is 863 g/mol. The Kier molecular flexibility index (Phi) is 9.44. The molecule has 56 heavy (non-hydrogen) atoms. The first-order valence-electron chi connectivity index (χ1n) is 21.4. The molecule has 6 aromatic carbocycles. The molecule has 0 N–H and O–H groups in total. The molecule has 0 fully saturated rings. The maximum atomic E-state index is 7.28. The van der Waals surface area contributed by atoms with E-state index in [0.29, 0.717) is 17.2 Å². The first kappa shape index (κ1) is 31.3. The Labute approximate surface area is 351 Å². The first-order chi connectivity index (χ1) is 29.2. The van der Waals surface area contributed by atoms with Gasteiger partial charge in [0.25, 0.3) is 0 Å². The largest absolute Gasteiger partial charge is 0.557 e. The Morgan fingerprint density at radius 1 is 0.732 bits per heavy atom. The zero-order valence-corrected chi connectivity index (χ0v) is 33.7. The summed E-state index contributed by atoms with van der Waals surface area (Å²) < 4.78 is 52.0. The van der Waals surface area contributed by atoms with E-state index in [1.54, 1.807) is 12.1 Å². The second kappa shape index (κ2) is 16.9. The summed E-state index contributed by atoms with van der Waals surface area (Å²) >= 11 is 0. The third-order valence-corrected chi connectivity index (χ3v) is 9.50. The molecule has 0 aliphatic heterocycles. The van der Waals surface area contributed by atoms with Gasteiger partial charge in [-0.15, -0.1) is 35.4 Å². The average Bonchev–Trinajstić information content (AvgIpc) is 3.85. The minimum Gasteiger partial charge on any atom is -0.557 e. The summed E-state index contributed by atoms with van der Waals surface area (Å²) in [4.78, 5) is 9.31. The number of benzene rings is 6. The maximum absolute atomic E-state index is 7.28. The summed E-state index contributed by atoms with van der Waals surface area (Å²) in [5.41, 5.74) is 13.4. The van der Waals surface area contributed by atoms with Crippen LogP contribution in [0.25, 0.3) is 72.6 Å². The zero-order valence-electron chi connectivity index (χ0n) is 37.3. The third kappa shape index (κ3) is 8.07. The molecule has 5 heteroatoms. The normalized spacial score (nSPS) is 13.1. The van der Waals surface area contributed by atoms with Gasteiger partial charge >= 0.3 is 0 Å². The smallest absolute Gasteiger partial charge is 0.0774 e. The number of pyridine rings is 1. The van der Waals surface area contributed by atoms with Gasteiger partial charge in [0.1, 0.15) is 0 Å². The number of hydrogen-bond donors (Lipinski definition) is 0. The molecule has 0 spiro atoms. The van der Waals surface area contributed by atoms with E-state index in [1.165, 1.54) is 35.5 Å². The van der Waals surface area contributed by atoms with Crippen LogP contribution in [0.1, 0.15) is 44.3 Å². The fourth-order valence-corrected chi connectivity index (χ4v) is 7.04. The average molecular weight is 912 g/mol. The van der Waals surface area contributed by atoms with Gasteiger partial charge in [0.2, 0.25) is 0 Å². The molecule has 0 amide bonds. The van der Waals surface area contributed by atoms with Crippen LogP contribution in [0.2, 0.25) is 0 Å². The Morgan fingerprint density at radius 3 is 2.04 bits per heavy atom. The van der Waals surface area contributed by atoms with Crippen LogP contribution in [0, 0.1) is 38.9 Å². The minimum absolute atomic E-state index is 0. The number of nitrogens with zero attached hydrogens (tertiary/aromatic N) is 3. The predicted molar refractivity (Wildman–Crippen MR) is 227 cm³/mol. The zero-order chi connectivity index (χ0) is 42.9. The molecule has 279 valence electrons. The van der Waals surface area contributed by atoms with Gasteiger partial charge in [-0.25, -0.2) is 0 Å². The molecule has 4 nitrogen and oxygen atoms in total. The summed E-state index contributed by atoms with van der Waals surface area (Å²) in [6.45, 7) is 2.33. The second-order valence-electron chi connectivity index (χ2n) is 14.1. The van der Waals surface area contributed by atoms with Crippen LogP contribution in [0.15, 0.2) is 156 Å². The summed E-state index contributed by atoms with van der Waals surface area (Å²) in [5, 5.41) is 1.04. The Hall–Kier alpha value is -5.87. The number of rotatable bonds is 7. The van der Waals surface area contributed by atoms with Gasteiger partial charge in [-0.2, -0.15) is 0 Å². The first-order valence-corrected chi connectivity index (χ1v) is 18.4. The van der Waals surface area contributed by atoms with Gasteiger partial charge in [-0.05, 0) is 78.3 Å². The number of para-hydroxylation sites is 2. The minimum atomic E-state index is -2.18. The topological polar surface area (TPSA) is 43.9 Å². The molecule has 0 saturated heterocycles. The molecule has 3 heterocycles. The van der Waals surface area contributed by atoms with Crippen molar-refractivity contribution in [2.24, 2.45) is 5.92 Å². The number of furan rings is 1. The number of fused-ring (bicyclic) bond motifs is 2. The molecule has 0 atom stereocenters.